The molecule has 3 nitrogen and oxygen atoms in total. The van der Waals surface area contributed by atoms with E-state index in [1.807, 2.05) is 6.92 Å². The van der Waals surface area contributed by atoms with Crippen molar-refractivity contribution in [2.75, 3.05) is 32.9 Å². The third kappa shape index (κ3) is 3.25. The molecule has 78 valence electrons. The van der Waals surface area contributed by atoms with Gasteiger partial charge in [0.1, 0.15) is 0 Å². The summed E-state index contributed by atoms with van der Waals surface area (Å²) >= 11 is 0. The maximum absolute atomic E-state index is 9.36. The van der Waals surface area contributed by atoms with Crippen molar-refractivity contribution in [3.63, 3.8) is 0 Å². The van der Waals surface area contributed by atoms with Gasteiger partial charge in [0, 0.05) is 19.8 Å². The van der Waals surface area contributed by atoms with E-state index >= 15 is 0 Å². The fourth-order valence-corrected chi connectivity index (χ4v) is 1.88. The predicted octanol–water partition coefficient (Wildman–Crippen LogP) is 0.775. The highest BCUT2D eigenvalue weighted by Gasteiger charge is 2.30. The number of rotatable bonds is 5. The van der Waals surface area contributed by atoms with Gasteiger partial charge in [0.25, 0.3) is 0 Å². The van der Waals surface area contributed by atoms with Gasteiger partial charge in [0.15, 0.2) is 0 Å². The molecule has 1 aliphatic heterocycles. The Kier molecular flexibility index (Phi) is 4.70. The number of hydrogen-bond donors (Lipinski definition) is 2. The van der Waals surface area contributed by atoms with Gasteiger partial charge in [-0.25, -0.2) is 0 Å². The largest absolute Gasteiger partial charge is 0.396 e. The standard InChI is InChI=1S/C10H21NO2/c1-2-13-8-5-10(9-12)3-6-11-7-4-10/h11-12H,2-9H2,1H3. The maximum Gasteiger partial charge on any atom is 0.0489 e. The molecule has 0 radical (unpaired) electrons. The first-order valence-corrected chi connectivity index (χ1v) is 5.22. The number of ether oxygens (including phenoxy) is 1. The molecule has 0 bridgehead atoms. The quantitative estimate of drug-likeness (QED) is 0.625. The van der Waals surface area contributed by atoms with Crippen LogP contribution in [0.5, 0.6) is 0 Å². The van der Waals surface area contributed by atoms with E-state index < -0.39 is 0 Å². The van der Waals surface area contributed by atoms with Gasteiger partial charge in [0.05, 0.1) is 0 Å². The minimum atomic E-state index is 0.139. The Hall–Kier alpha value is -0.120. The summed E-state index contributed by atoms with van der Waals surface area (Å²) < 4.78 is 5.33. The van der Waals surface area contributed by atoms with Gasteiger partial charge in [-0.1, -0.05) is 0 Å². The molecule has 1 fully saturated rings. The van der Waals surface area contributed by atoms with Crippen LogP contribution < -0.4 is 5.32 Å². The van der Waals surface area contributed by atoms with Crippen molar-refractivity contribution in [3.8, 4) is 0 Å². The fraction of sp³-hybridized carbons (Fsp3) is 1.00. The zero-order chi connectivity index (χ0) is 9.57. The Morgan fingerprint density at radius 3 is 2.62 bits per heavy atom. The topological polar surface area (TPSA) is 41.5 Å². The first-order valence-electron chi connectivity index (χ1n) is 5.22. The molecule has 0 aliphatic carbocycles. The molecule has 1 heterocycles. The van der Waals surface area contributed by atoms with E-state index in [0.717, 1.165) is 45.6 Å². The molecule has 13 heavy (non-hydrogen) atoms. The Morgan fingerprint density at radius 2 is 2.08 bits per heavy atom. The molecule has 0 aromatic carbocycles. The second-order valence-corrected chi connectivity index (χ2v) is 3.86. The number of aliphatic hydroxyl groups is 1. The van der Waals surface area contributed by atoms with Crippen LogP contribution in [0, 0.1) is 5.41 Å². The number of nitrogens with one attached hydrogen (secondary N) is 1. The third-order valence-electron chi connectivity index (χ3n) is 2.98. The summed E-state index contributed by atoms with van der Waals surface area (Å²) in [7, 11) is 0. The van der Waals surface area contributed by atoms with Crippen molar-refractivity contribution in [2.45, 2.75) is 26.2 Å². The lowest BCUT2D eigenvalue weighted by atomic mass is 9.77. The van der Waals surface area contributed by atoms with Gasteiger partial charge >= 0.3 is 0 Å². The van der Waals surface area contributed by atoms with Gasteiger partial charge in [-0.3, -0.25) is 0 Å². The monoisotopic (exact) mass is 187 g/mol. The van der Waals surface area contributed by atoms with Crippen LogP contribution in [-0.4, -0.2) is 38.0 Å². The summed E-state index contributed by atoms with van der Waals surface area (Å²) in [4.78, 5) is 0. The number of hydrogen-bond acceptors (Lipinski definition) is 3. The number of aliphatic hydroxyl groups excluding tert-OH is 1. The molecule has 0 atom stereocenters. The van der Waals surface area contributed by atoms with Crippen LogP contribution in [0.4, 0.5) is 0 Å². The summed E-state index contributed by atoms with van der Waals surface area (Å²) in [5, 5.41) is 12.7. The lowest BCUT2D eigenvalue weighted by Gasteiger charge is -2.35. The van der Waals surface area contributed by atoms with Crippen molar-refractivity contribution in [3.05, 3.63) is 0 Å². The molecule has 1 saturated heterocycles. The molecule has 3 heteroatoms. The van der Waals surface area contributed by atoms with Crippen molar-refractivity contribution in [2.24, 2.45) is 5.41 Å². The van der Waals surface area contributed by atoms with Gasteiger partial charge in [0.2, 0.25) is 0 Å². The zero-order valence-corrected chi connectivity index (χ0v) is 8.51. The van der Waals surface area contributed by atoms with Crippen LogP contribution in [0.15, 0.2) is 0 Å². The highest BCUT2D eigenvalue weighted by molar-refractivity contribution is 4.83. The number of piperidine rings is 1. The van der Waals surface area contributed by atoms with E-state index in [4.69, 9.17) is 4.74 Å². The predicted molar refractivity (Wildman–Crippen MR) is 52.7 cm³/mol. The zero-order valence-electron chi connectivity index (χ0n) is 8.51. The van der Waals surface area contributed by atoms with E-state index in [2.05, 4.69) is 5.32 Å². The van der Waals surface area contributed by atoms with E-state index in [1.54, 1.807) is 0 Å². The lowest BCUT2D eigenvalue weighted by Crippen LogP contribution is -2.39. The molecule has 0 saturated carbocycles. The van der Waals surface area contributed by atoms with Gasteiger partial charge < -0.3 is 15.2 Å². The highest BCUT2D eigenvalue weighted by Crippen LogP contribution is 2.31. The van der Waals surface area contributed by atoms with Crippen LogP contribution in [0.25, 0.3) is 0 Å². The van der Waals surface area contributed by atoms with Crippen LogP contribution in [-0.2, 0) is 4.74 Å². The molecule has 0 spiro atoms. The summed E-state index contributed by atoms with van der Waals surface area (Å²) in [5.74, 6) is 0. The van der Waals surface area contributed by atoms with Gasteiger partial charge in [-0.15, -0.1) is 0 Å². The van der Waals surface area contributed by atoms with Crippen molar-refractivity contribution in [1.29, 1.82) is 0 Å². The van der Waals surface area contributed by atoms with Crippen molar-refractivity contribution in [1.82, 2.24) is 5.32 Å². The summed E-state index contributed by atoms with van der Waals surface area (Å²) in [6.45, 7) is 5.95. The second-order valence-electron chi connectivity index (χ2n) is 3.86. The Labute approximate surface area is 80.5 Å². The first kappa shape index (κ1) is 11.0. The molecular weight excluding hydrogens is 166 g/mol. The average molecular weight is 187 g/mol. The van der Waals surface area contributed by atoms with E-state index in [0.29, 0.717) is 6.61 Å². The minimum absolute atomic E-state index is 0.139. The molecule has 0 unspecified atom stereocenters. The lowest BCUT2D eigenvalue weighted by molar-refractivity contribution is 0.0396. The molecule has 0 amide bonds. The SMILES string of the molecule is CCOCCC1(CO)CCNCC1. The Bertz CT molecular complexity index is 133. The van der Waals surface area contributed by atoms with Gasteiger partial charge in [-0.05, 0) is 44.7 Å². The normalized spacial score (nSPS) is 21.7. The Morgan fingerprint density at radius 1 is 1.38 bits per heavy atom. The molecular formula is C10H21NO2. The van der Waals surface area contributed by atoms with E-state index in [-0.39, 0.29) is 5.41 Å². The third-order valence-corrected chi connectivity index (χ3v) is 2.98. The molecule has 0 aromatic rings. The molecule has 2 N–H and O–H groups in total. The van der Waals surface area contributed by atoms with Gasteiger partial charge in [-0.2, -0.15) is 0 Å². The van der Waals surface area contributed by atoms with E-state index in [9.17, 15) is 5.11 Å². The van der Waals surface area contributed by atoms with E-state index in [1.165, 1.54) is 0 Å². The maximum atomic E-state index is 9.36. The van der Waals surface area contributed by atoms with Crippen molar-refractivity contribution < 1.29 is 9.84 Å². The van der Waals surface area contributed by atoms with Crippen LogP contribution in [0.3, 0.4) is 0 Å². The fourth-order valence-electron chi connectivity index (χ4n) is 1.88. The smallest absolute Gasteiger partial charge is 0.0489 e. The first-order chi connectivity index (χ1) is 6.33. The van der Waals surface area contributed by atoms with Crippen LogP contribution in [0.1, 0.15) is 26.2 Å². The van der Waals surface area contributed by atoms with Crippen molar-refractivity contribution >= 4 is 0 Å². The van der Waals surface area contributed by atoms with Crippen LogP contribution >= 0.6 is 0 Å². The second kappa shape index (κ2) is 5.58. The minimum Gasteiger partial charge on any atom is -0.396 e. The molecule has 1 aliphatic rings. The molecule has 1 rings (SSSR count). The summed E-state index contributed by atoms with van der Waals surface area (Å²) in [6.07, 6.45) is 3.16. The molecule has 0 aromatic heterocycles. The summed E-state index contributed by atoms with van der Waals surface area (Å²) in [5.41, 5.74) is 0.139. The van der Waals surface area contributed by atoms with Crippen LogP contribution in [0.2, 0.25) is 0 Å². The average Bonchev–Trinajstić information content (AvgIpc) is 2.20. The Balaban J connectivity index is 2.29. The highest BCUT2D eigenvalue weighted by atomic mass is 16.5. The summed E-state index contributed by atoms with van der Waals surface area (Å²) in [6, 6.07) is 0.